The highest BCUT2D eigenvalue weighted by atomic mass is 19.2. The van der Waals surface area contributed by atoms with Crippen LogP contribution >= 0.6 is 0 Å². The third kappa shape index (κ3) is 4.84. The fourth-order valence-corrected chi connectivity index (χ4v) is 2.79. The third-order valence-corrected chi connectivity index (χ3v) is 4.19. The summed E-state index contributed by atoms with van der Waals surface area (Å²) >= 11 is 0. The second-order valence-corrected chi connectivity index (χ2v) is 6.15. The van der Waals surface area contributed by atoms with Crippen molar-refractivity contribution in [1.29, 1.82) is 0 Å². The zero-order chi connectivity index (χ0) is 18.4. The van der Waals surface area contributed by atoms with Gasteiger partial charge in [-0.1, -0.05) is 11.6 Å². The van der Waals surface area contributed by atoms with Gasteiger partial charge < -0.3 is 10.6 Å². The molecule has 1 aromatic carbocycles. The van der Waals surface area contributed by atoms with E-state index in [1.165, 1.54) is 36.9 Å². The number of rotatable bonds is 6. The smallest absolute Gasteiger partial charge is 0.271 e. The van der Waals surface area contributed by atoms with E-state index in [9.17, 15) is 13.6 Å². The number of nitrogens with one attached hydrogen (secondary N) is 2. The molecule has 0 atom stereocenters. The molecule has 1 amide bonds. The van der Waals surface area contributed by atoms with E-state index >= 15 is 0 Å². The lowest BCUT2D eigenvalue weighted by Gasteiger charge is -2.12. The Kier molecular flexibility index (Phi) is 5.88. The number of anilines is 2. The van der Waals surface area contributed by atoms with Gasteiger partial charge in [-0.15, -0.1) is 0 Å². The van der Waals surface area contributed by atoms with Crippen molar-refractivity contribution in [3.05, 3.63) is 59.6 Å². The van der Waals surface area contributed by atoms with E-state index in [1.54, 1.807) is 0 Å². The quantitative estimate of drug-likeness (QED) is 0.763. The SMILES string of the molecule is O=C(NCCC1=CCCCC1)c1cnc(Nc2ccc(F)c(F)c2)cn1. The molecule has 0 saturated heterocycles. The maximum absolute atomic E-state index is 13.2. The Hall–Kier alpha value is -2.83. The van der Waals surface area contributed by atoms with Crippen LogP contribution in [0.5, 0.6) is 0 Å². The van der Waals surface area contributed by atoms with Crippen LogP contribution in [0, 0.1) is 11.6 Å². The van der Waals surface area contributed by atoms with Gasteiger partial charge in [-0.05, 0) is 44.2 Å². The number of allylic oxidation sites excluding steroid dienone is 1. The molecule has 136 valence electrons. The first kappa shape index (κ1) is 18.0. The van der Waals surface area contributed by atoms with Crippen LogP contribution in [0.2, 0.25) is 0 Å². The van der Waals surface area contributed by atoms with Crippen molar-refractivity contribution in [3.63, 3.8) is 0 Å². The van der Waals surface area contributed by atoms with Crippen LogP contribution in [-0.2, 0) is 0 Å². The van der Waals surface area contributed by atoms with E-state index in [4.69, 9.17) is 0 Å². The molecule has 3 rings (SSSR count). The molecule has 0 radical (unpaired) electrons. The van der Waals surface area contributed by atoms with E-state index in [0.717, 1.165) is 31.4 Å². The van der Waals surface area contributed by atoms with Crippen LogP contribution in [-0.4, -0.2) is 22.4 Å². The summed E-state index contributed by atoms with van der Waals surface area (Å²) in [6, 6.07) is 3.44. The molecule has 0 fully saturated rings. The Labute approximate surface area is 150 Å². The van der Waals surface area contributed by atoms with Crippen molar-refractivity contribution in [1.82, 2.24) is 15.3 Å². The molecule has 0 aliphatic heterocycles. The number of nitrogens with zero attached hydrogens (tertiary/aromatic N) is 2. The Morgan fingerprint density at radius 3 is 2.69 bits per heavy atom. The highest BCUT2D eigenvalue weighted by Crippen LogP contribution is 2.19. The zero-order valence-corrected chi connectivity index (χ0v) is 14.3. The molecule has 0 unspecified atom stereocenters. The monoisotopic (exact) mass is 358 g/mol. The summed E-state index contributed by atoms with van der Waals surface area (Å²) < 4.78 is 26.1. The summed E-state index contributed by atoms with van der Waals surface area (Å²) in [6.07, 6.45) is 10.5. The molecule has 26 heavy (non-hydrogen) atoms. The van der Waals surface area contributed by atoms with Crippen molar-refractivity contribution >= 4 is 17.4 Å². The number of hydrogen-bond donors (Lipinski definition) is 2. The van der Waals surface area contributed by atoms with Gasteiger partial charge >= 0.3 is 0 Å². The number of halogens is 2. The standard InChI is InChI=1S/C19H20F2N4O/c20-15-7-6-14(10-16(15)21)25-18-12-23-17(11-24-18)19(26)22-9-8-13-4-2-1-3-5-13/h4,6-7,10-12H,1-3,5,8-9H2,(H,22,26)(H,24,25). The van der Waals surface area contributed by atoms with Gasteiger partial charge in [0.15, 0.2) is 11.6 Å². The van der Waals surface area contributed by atoms with Gasteiger partial charge in [0.05, 0.1) is 12.4 Å². The topological polar surface area (TPSA) is 66.9 Å². The third-order valence-electron chi connectivity index (χ3n) is 4.19. The maximum atomic E-state index is 13.2. The zero-order valence-electron chi connectivity index (χ0n) is 14.3. The number of aromatic nitrogens is 2. The van der Waals surface area contributed by atoms with Crippen molar-refractivity contribution in [3.8, 4) is 0 Å². The Bertz CT molecular complexity index is 806. The van der Waals surface area contributed by atoms with Crippen LogP contribution in [0.1, 0.15) is 42.6 Å². The Morgan fingerprint density at radius 1 is 1.12 bits per heavy atom. The fourth-order valence-electron chi connectivity index (χ4n) is 2.79. The molecule has 0 saturated carbocycles. The molecule has 7 heteroatoms. The molecule has 2 N–H and O–H groups in total. The van der Waals surface area contributed by atoms with Gasteiger partial charge in [0, 0.05) is 18.3 Å². The van der Waals surface area contributed by atoms with E-state index < -0.39 is 11.6 Å². The average molecular weight is 358 g/mol. The van der Waals surface area contributed by atoms with Crippen LogP contribution in [0.25, 0.3) is 0 Å². The van der Waals surface area contributed by atoms with Gasteiger partial charge in [0.2, 0.25) is 0 Å². The molecule has 2 aromatic rings. The van der Waals surface area contributed by atoms with E-state index in [0.29, 0.717) is 18.1 Å². The highest BCUT2D eigenvalue weighted by molar-refractivity contribution is 5.92. The molecule has 1 aliphatic rings. The first-order valence-electron chi connectivity index (χ1n) is 8.62. The summed E-state index contributed by atoms with van der Waals surface area (Å²) in [5.41, 5.74) is 1.95. The second kappa shape index (κ2) is 8.51. The van der Waals surface area contributed by atoms with Gasteiger partial charge in [0.1, 0.15) is 11.5 Å². The summed E-state index contributed by atoms with van der Waals surface area (Å²) in [5, 5.41) is 5.64. The molecule has 5 nitrogen and oxygen atoms in total. The number of carbonyl (C=O) groups is 1. The number of carbonyl (C=O) groups excluding carboxylic acids is 1. The molecule has 1 heterocycles. The second-order valence-electron chi connectivity index (χ2n) is 6.15. The lowest BCUT2D eigenvalue weighted by Crippen LogP contribution is -2.26. The minimum Gasteiger partial charge on any atom is -0.350 e. The molecule has 0 bridgehead atoms. The highest BCUT2D eigenvalue weighted by Gasteiger charge is 2.09. The number of amides is 1. The molecular formula is C19H20F2N4O. The molecule has 1 aromatic heterocycles. The summed E-state index contributed by atoms with van der Waals surface area (Å²) in [5.74, 6) is -1.82. The summed E-state index contributed by atoms with van der Waals surface area (Å²) in [4.78, 5) is 20.2. The van der Waals surface area contributed by atoms with Crippen molar-refractivity contribution in [2.75, 3.05) is 11.9 Å². The van der Waals surface area contributed by atoms with E-state index in [2.05, 4.69) is 26.7 Å². The predicted octanol–water partition coefficient (Wildman–Crippen LogP) is 4.12. The first-order valence-corrected chi connectivity index (χ1v) is 8.62. The predicted molar refractivity (Wildman–Crippen MR) is 95.2 cm³/mol. The minimum absolute atomic E-state index is 0.207. The molecule has 1 aliphatic carbocycles. The van der Waals surface area contributed by atoms with E-state index in [-0.39, 0.29) is 11.6 Å². The minimum atomic E-state index is -0.952. The van der Waals surface area contributed by atoms with Gasteiger partial charge in [-0.3, -0.25) is 4.79 Å². The molecular weight excluding hydrogens is 338 g/mol. The summed E-state index contributed by atoms with van der Waals surface area (Å²) in [6.45, 7) is 0.571. The van der Waals surface area contributed by atoms with Gasteiger partial charge in [-0.2, -0.15) is 0 Å². The molecule has 0 spiro atoms. The first-order chi connectivity index (χ1) is 12.6. The Balaban J connectivity index is 1.52. The normalized spacial score (nSPS) is 13.8. The van der Waals surface area contributed by atoms with Gasteiger partial charge in [-0.25, -0.2) is 18.7 Å². The fraction of sp³-hybridized carbons (Fsp3) is 0.316. The van der Waals surface area contributed by atoms with E-state index in [1.807, 2.05) is 0 Å². The number of benzene rings is 1. The Morgan fingerprint density at radius 2 is 2.00 bits per heavy atom. The average Bonchev–Trinajstić information content (AvgIpc) is 2.66. The van der Waals surface area contributed by atoms with Crippen molar-refractivity contribution in [2.24, 2.45) is 0 Å². The van der Waals surface area contributed by atoms with Gasteiger partial charge in [0.25, 0.3) is 5.91 Å². The summed E-state index contributed by atoms with van der Waals surface area (Å²) in [7, 11) is 0. The maximum Gasteiger partial charge on any atom is 0.271 e. The van der Waals surface area contributed by atoms with Crippen LogP contribution in [0.4, 0.5) is 20.3 Å². The lowest BCUT2D eigenvalue weighted by molar-refractivity contribution is 0.0948. The lowest BCUT2D eigenvalue weighted by atomic mass is 9.97. The van der Waals surface area contributed by atoms with Crippen molar-refractivity contribution in [2.45, 2.75) is 32.1 Å². The van der Waals surface area contributed by atoms with Crippen LogP contribution in [0.15, 0.2) is 42.2 Å². The van der Waals surface area contributed by atoms with Crippen molar-refractivity contribution < 1.29 is 13.6 Å². The van der Waals surface area contributed by atoms with Crippen LogP contribution < -0.4 is 10.6 Å². The largest absolute Gasteiger partial charge is 0.350 e. The number of hydrogen-bond acceptors (Lipinski definition) is 4. The van der Waals surface area contributed by atoms with Crippen LogP contribution in [0.3, 0.4) is 0 Å².